The van der Waals surface area contributed by atoms with E-state index in [9.17, 15) is 9.59 Å². The summed E-state index contributed by atoms with van der Waals surface area (Å²) in [4.78, 5) is 31.9. The number of carbonyl (C=O) groups excluding carboxylic acids is 2. The van der Waals surface area contributed by atoms with Crippen LogP contribution in [-0.4, -0.2) is 58.8 Å². The molecule has 0 bridgehead atoms. The van der Waals surface area contributed by atoms with E-state index in [-0.39, 0.29) is 11.8 Å². The fourth-order valence-corrected chi connectivity index (χ4v) is 3.73. The minimum absolute atomic E-state index is 0.0258. The number of aromatic nitrogens is 1. The molecule has 0 saturated carbocycles. The van der Waals surface area contributed by atoms with Crippen LogP contribution in [0, 0.1) is 0 Å². The van der Waals surface area contributed by atoms with Crippen molar-refractivity contribution in [1.82, 2.24) is 14.8 Å². The SMILES string of the molecule is O=C1CCCN1C(=O)CN1CC[C@@H](Nc2cccc3ncccc23)C1. The lowest BCUT2D eigenvalue weighted by Gasteiger charge is -2.20. The highest BCUT2D eigenvalue weighted by Gasteiger charge is 2.30. The standard InChI is InChI=1S/C19H22N4O2/c24-18-7-3-10-23(18)19(25)13-22-11-8-14(12-22)21-17-6-1-5-16-15(17)4-2-9-20-16/h1-2,4-6,9,14,21H,3,7-8,10-13H2/t14-/m1/s1. The summed E-state index contributed by atoms with van der Waals surface area (Å²) in [5.74, 6) is -0.0837. The molecule has 2 aromatic rings. The van der Waals surface area contributed by atoms with Crippen molar-refractivity contribution in [3.05, 3.63) is 36.5 Å². The summed E-state index contributed by atoms with van der Waals surface area (Å²) >= 11 is 0. The molecule has 1 atom stereocenters. The Morgan fingerprint density at radius 1 is 1.24 bits per heavy atom. The van der Waals surface area contributed by atoms with Crippen LogP contribution >= 0.6 is 0 Å². The third-order valence-electron chi connectivity index (χ3n) is 5.01. The summed E-state index contributed by atoms with van der Waals surface area (Å²) in [5, 5.41) is 4.71. The van der Waals surface area contributed by atoms with Gasteiger partial charge in [-0.05, 0) is 37.1 Å². The van der Waals surface area contributed by atoms with Crippen LogP contribution in [0.25, 0.3) is 10.9 Å². The van der Waals surface area contributed by atoms with Crippen molar-refractivity contribution in [2.24, 2.45) is 0 Å². The highest BCUT2D eigenvalue weighted by atomic mass is 16.2. The van der Waals surface area contributed by atoms with Crippen molar-refractivity contribution in [1.29, 1.82) is 0 Å². The van der Waals surface area contributed by atoms with E-state index in [0.717, 1.165) is 42.5 Å². The highest BCUT2D eigenvalue weighted by molar-refractivity contribution is 5.97. The first kappa shape index (κ1) is 16.0. The van der Waals surface area contributed by atoms with Crippen molar-refractivity contribution in [3.63, 3.8) is 0 Å². The Morgan fingerprint density at radius 2 is 2.16 bits per heavy atom. The van der Waals surface area contributed by atoms with Gasteiger partial charge < -0.3 is 5.32 Å². The first-order chi connectivity index (χ1) is 12.2. The second-order valence-corrected chi connectivity index (χ2v) is 6.78. The molecule has 0 unspecified atom stereocenters. The number of carbonyl (C=O) groups is 2. The zero-order valence-electron chi connectivity index (χ0n) is 14.1. The lowest BCUT2D eigenvalue weighted by Crippen LogP contribution is -2.40. The molecule has 3 heterocycles. The average molecular weight is 338 g/mol. The molecule has 2 aliphatic heterocycles. The fourth-order valence-electron chi connectivity index (χ4n) is 3.73. The Morgan fingerprint density at radius 3 is 3.00 bits per heavy atom. The van der Waals surface area contributed by atoms with Crippen molar-refractivity contribution in [3.8, 4) is 0 Å². The van der Waals surface area contributed by atoms with Crippen molar-refractivity contribution < 1.29 is 9.59 Å². The van der Waals surface area contributed by atoms with Crippen LogP contribution in [0.3, 0.4) is 0 Å². The van der Waals surface area contributed by atoms with Gasteiger partial charge in [0.15, 0.2) is 0 Å². The number of pyridine rings is 1. The Hall–Kier alpha value is -2.47. The predicted octanol–water partition coefficient (Wildman–Crippen LogP) is 1.87. The number of nitrogens with one attached hydrogen (secondary N) is 1. The second kappa shape index (κ2) is 6.80. The maximum absolute atomic E-state index is 12.3. The number of amides is 2. The average Bonchev–Trinajstić information content (AvgIpc) is 3.24. The number of anilines is 1. The molecule has 2 saturated heterocycles. The molecule has 130 valence electrons. The van der Waals surface area contributed by atoms with E-state index in [0.29, 0.717) is 25.6 Å². The predicted molar refractivity (Wildman–Crippen MR) is 96.2 cm³/mol. The number of hydrogen-bond donors (Lipinski definition) is 1. The molecule has 25 heavy (non-hydrogen) atoms. The van der Waals surface area contributed by atoms with E-state index in [1.54, 1.807) is 6.20 Å². The quantitative estimate of drug-likeness (QED) is 0.922. The Kier molecular flexibility index (Phi) is 4.36. The summed E-state index contributed by atoms with van der Waals surface area (Å²) in [7, 11) is 0. The van der Waals surface area contributed by atoms with Gasteiger partial charge in [0.2, 0.25) is 11.8 Å². The zero-order chi connectivity index (χ0) is 17.2. The second-order valence-electron chi connectivity index (χ2n) is 6.78. The molecule has 1 N–H and O–H groups in total. The van der Waals surface area contributed by atoms with Gasteiger partial charge in [-0.3, -0.25) is 24.4 Å². The van der Waals surface area contributed by atoms with Gasteiger partial charge in [-0.1, -0.05) is 6.07 Å². The van der Waals surface area contributed by atoms with Crippen LogP contribution in [-0.2, 0) is 9.59 Å². The van der Waals surface area contributed by atoms with Crippen molar-refractivity contribution >= 4 is 28.4 Å². The molecule has 0 aliphatic carbocycles. The summed E-state index contributed by atoms with van der Waals surface area (Å²) in [5.41, 5.74) is 2.06. The van der Waals surface area contributed by atoms with Gasteiger partial charge >= 0.3 is 0 Å². The number of fused-ring (bicyclic) bond motifs is 1. The third kappa shape index (κ3) is 3.35. The van der Waals surface area contributed by atoms with Gasteiger partial charge in [0.1, 0.15) is 0 Å². The molecule has 1 aromatic carbocycles. The fraction of sp³-hybridized carbons (Fsp3) is 0.421. The van der Waals surface area contributed by atoms with Crippen LogP contribution in [0.15, 0.2) is 36.5 Å². The minimum atomic E-state index is -0.0579. The monoisotopic (exact) mass is 338 g/mol. The minimum Gasteiger partial charge on any atom is -0.380 e. The molecular formula is C19H22N4O2. The van der Waals surface area contributed by atoms with Crippen LogP contribution in [0.5, 0.6) is 0 Å². The van der Waals surface area contributed by atoms with Crippen molar-refractivity contribution in [2.75, 3.05) is 31.5 Å². The van der Waals surface area contributed by atoms with E-state index >= 15 is 0 Å². The molecule has 0 radical (unpaired) electrons. The van der Waals surface area contributed by atoms with E-state index in [1.165, 1.54) is 4.90 Å². The number of nitrogens with zero attached hydrogens (tertiary/aromatic N) is 3. The van der Waals surface area contributed by atoms with Gasteiger partial charge in [-0.15, -0.1) is 0 Å². The molecule has 2 fully saturated rings. The van der Waals surface area contributed by atoms with Gasteiger partial charge in [-0.25, -0.2) is 0 Å². The van der Waals surface area contributed by atoms with Gasteiger partial charge in [0.05, 0.1) is 12.1 Å². The Balaban J connectivity index is 1.37. The smallest absolute Gasteiger partial charge is 0.243 e. The lowest BCUT2D eigenvalue weighted by atomic mass is 10.1. The summed E-state index contributed by atoms with van der Waals surface area (Å²) < 4.78 is 0. The van der Waals surface area contributed by atoms with E-state index in [1.807, 2.05) is 18.2 Å². The summed E-state index contributed by atoms with van der Waals surface area (Å²) in [6, 6.07) is 10.4. The number of imide groups is 1. The van der Waals surface area contributed by atoms with E-state index in [4.69, 9.17) is 0 Å². The maximum atomic E-state index is 12.3. The molecule has 2 aliphatic rings. The molecule has 6 nitrogen and oxygen atoms in total. The van der Waals surface area contributed by atoms with Gasteiger partial charge in [0.25, 0.3) is 0 Å². The number of benzene rings is 1. The first-order valence-corrected chi connectivity index (χ1v) is 8.86. The van der Waals surface area contributed by atoms with E-state index in [2.05, 4.69) is 27.3 Å². The molecule has 6 heteroatoms. The number of likely N-dealkylation sites (tertiary alicyclic amines) is 2. The first-order valence-electron chi connectivity index (χ1n) is 8.86. The Labute approximate surface area is 146 Å². The lowest BCUT2D eigenvalue weighted by molar-refractivity contribution is -0.142. The Bertz CT molecular complexity index is 802. The molecule has 2 amide bonds. The van der Waals surface area contributed by atoms with E-state index < -0.39 is 0 Å². The van der Waals surface area contributed by atoms with Gasteiger partial charge in [0, 0.05) is 49.4 Å². The summed E-state index contributed by atoms with van der Waals surface area (Å²) in [6.07, 6.45) is 4.08. The van der Waals surface area contributed by atoms with Crippen molar-refractivity contribution in [2.45, 2.75) is 25.3 Å². The molecule has 4 rings (SSSR count). The molecular weight excluding hydrogens is 316 g/mol. The van der Waals surface area contributed by atoms with Crippen LogP contribution in [0.2, 0.25) is 0 Å². The number of rotatable bonds is 4. The van der Waals surface area contributed by atoms with Crippen LogP contribution in [0.4, 0.5) is 5.69 Å². The molecule has 1 aromatic heterocycles. The highest BCUT2D eigenvalue weighted by Crippen LogP contribution is 2.24. The maximum Gasteiger partial charge on any atom is 0.243 e. The zero-order valence-corrected chi connectivity index (χ0v) is 14.1. The topological polar surface area (TPSA) is 65.5 Å². The molecule has 0 spiro atoms. The largest absolute Gasteiger partial charge is 0.380 e. The van der Waals surface area contributed by atoms with Crippen LogP contribution in [0.1, 0.15) is 19.3 Å². The number of hydrogen-bond acceptors (Lipinski definition) is 5. The van der Waals surface area contributed by atoms with Gasteiger partial charge in [-0.2, -0.15) is 0 Å². The summed E-state index contributed by atoms with van der Waals surface area (Å²) in [6.45, 7) is 2.59. The third-order valence-corrected chi connectivity index (χ3v) is 5.01. The van der Waals surface area contributed by atoms with Crippen LogP contribution < -0.4 is 5.32 Å². The normalized spacial score (nSPS) is 21.2.